The van der Waals surface area contributed by atoms with Crippen LogP contribution < -0.4 is 11.5 Å². The lowest BCUT2D eigenvalue weighted by molar-refractivity contribution is 0.0438. The van der Waals surface area contributed by atoms with Crippen molar-refractivity contribution in [1.29, 1.82) is 0 Å². The van der Waals surface area contributed by atoms with Crippen molar-refractivity contribution in [2.24, 2.45) is 11.5 Å². The number of rotatable bonds is 3. The van der Waals surface area contributed by atoms with Crippen LogP contribution in [0, 0.1) is 0 Å². The van der Waals surface area contributed by atoms with E-state index in [1.165, 1.54) is 0 Å². The molecule has 0 rings (SSSR count). The standard InChI is InChI=1S/C6H16N2O2/c1-6(2,8)4(9)3-5(7)10/h4-5,9-10H,3,7-8H2,1-2H3. The van der Waals surface area contributed by atoms with Crippen LogP contribution in [0.15, 0.2) is 0 Å². The van der Waals surface area contributed by atoms with Crippen LogP contribution in [0.4, 0.5) is 0 Å². The lowest BCUT2D eigenvalue weighted by Gasteiger charge is -2.26. The molecule has 0 aliphatic carbocycles. The molecule has 6 N–H and O–H groups in total. The Morgan fingerprint density at radius 3 is 1.90 bits per heavy atom. The van der Waals surface area contributed by atoms with Crippen molar-refractivity contribution in [2.45, 2.75) is 38.1 Å². The van der Waals surface area contributed by atoms with Gasteiger partial charge in [0.2, 0.25) is 0 Å². The molecule has 0 aliphatic rings. The first-order valence-electron chi connectivity index (χ1n) is 3.24. The second-order valence-electron chi connectivity index (χ2n) is 3.14. The second kappa shape index (κ2) is 3.30. The van der Waals surface area contributed by atoms with Gasteiger partial charge in [-0.3, -0.25) is 0 Å². The summed E-state index contributed by atoms with van der Waals surface area (Å²) in [4.78, 5) is 0. The van der Waals surface area contributed by atoms with Gasteiger partial charge in [0.15, 0.2) is 0 Å². The van der Waals surface area contributed by atoms with E-state index in [0.29, 0.717) is 0 Å². The van der Waals surface area contributed by atoms with Gasteiger partial charge in [0.05, 0.1) is 6.10 Å². The monoisotopic (exact) mass is 148 g/mol. The van der Waals surface area contributed by atoms with Gasteiger partial charge in [-0.15, -0.1) is 0 Å². The molecule has 4 heteroatoms. The third-order valence-electron chi connectivity index (χ3n) is 1.32. The zero-order chi connectivity index (χ0) is 8.36. The number of nitrogens with two attached hydrogens (primary N) is 2. The minimum absolute atomic E-state index is 0.115. The maximum atomic E-state index is 9.19. The number of hydrogen-bond acceptors (Lipinski definition) is 4. The quantitative estimate of drug-likeness (QED) is 0.376. The van der Waals surface area contributed by atoms with Crippen LogP contribution in [0.25, 0.3) is 0 Å². The molecule has 0 aliphatic heterocycles. The highest BCUT2D eigenvalue weighted by Crippen LogP contribution is 2.08. The van der Waals surface area contributed by atoms with Gasteiger partial charge in [0.25, 0.3) is 0 Å². The van der Waals surface area contributed by atoms with E-state index in [9.17, 15) is 5.11 Å². The molecule has 0 radical (unpaired) electrons. The van der Waals surface area contributed by atoms with E-state index in [0.717, 1.165) is 0 Å². The lowest BCUT2D eigenvalue weighted by atomic mass is 9.96. The molecule has 4 nitrogen and oxygen atoms in total. The van der Waals surface area contributed by atoms with Crippen LogP contribution in [0.2, 0.25) is 0 Å². The Labute approximate surface area is 60.8 Å². The summed E-state index contributed by atoms with van der Waals surface area (Å²) in [5.74, 6) is 0. The van der Waals surface area contributed by atoms with Crippen LogP contribution in [0.3, 0.4) is 0 Å². The second-order valence-corrected chi connectivity index (χ2v) is 3.14. The summed E-state index contributed by atoms with van der Waals surface area (Å²) in [5, 5.41) is 17.8. The Bertz CT molecular complexity index is 98.4. The predicted molar refractivity (Wildman–Crippen MR) is 39.1 cm³/mol. The van der Waals surface area contributed by atoms with E-state index in [4.69, 9.17) is 16.6 Å². The fraction of sp³-hybridized carbons (Fsp3) is 1.00. The van der Waals surface area contributed by atoms with E-state index >= 15 is 0 Å². The molecule has 62 valence electrons. The fourth-order valence-electron chi connectivity index (χ4n) is 0.532. The summed E-state index contributed by atoms with van der Waals surface area (Å²) in [6.07, 6.45) is -1.63. The van der Waals surface area contributed by atoms with Crippen molar-refractivity contribution in [3.63, 3.8) is 0 Å². The van der Waals surface area contributed by atoms with E-state index in [1.807, 2.05) is 0 Å². The average Bonchev–Trinajstić information content (AvgIpc) is 1.60. The van der Waals surface area contributed by atoms with Crippen molar-refractivity contribution < 1.29 is 10.2 Å². The number of aliphatic hydroxyl groups excluding tert-OH is 2. The molecule has 0 saturated heterocycles. The normalized spacial score (nSPS) is 18.6. The summed E-state index contributed by atoms with van der Waals surface area (Å²) in [6.45, 7) is 3.36. The number of aliphatic hydroxyl groups is 2. The first-order chi connectivity index (χ1) is 4.34. The largest absolute Gasteiger partial charge is 0.391 e. The molecule has 0 spiro atoms. The highest BCUT2D eigenvalue weighted by atomic mass is 16.3. The maximum Gasteiger partial charge on any atom is 0.104 e. The van der Waals surface area contributed by atoms with Gasteiger partial charge >= 0.3 is 0 Å². The van der Waals surface area contributed by atoms with E-state index < -0.39 is 17.9 Å². The predicted octanol–water partition coefficient (Wildman–Crippen LogP) is -1.25. The molecule has 0 saturated carbocycles. The van der Waals surface area contributed by atoms with Crippen LogP contribution in [-0.2, 0) is 0 Å². The van der Waals surface area contributed by atoms with Crippen LogP contribution in [-0.4, -0.2) is 28.1 Å². The van der Waals surface area contributed by atoms with E-state index in [2.05, 4.69) is 0 Å². The minimum atomic E-state index is -0.988. The summed E-state index contributed by atoms with van der Waals surface area (Å²) in [5.41, 5.74) is 9.85. The van der Waals surface area contributed by atoms with Gasteiger partial charge in [0, 0.05) is 12.0 Å². The minimum Gasteiger partial charge on any atom is -0.391 e. The molecule has 0 aromatic carbocycles. The molecule has 0 heterocycles. The van der Waals surface area contributed by atoms with Crippen LogP contribution in [0.1, 0.15) is 20.3 Å². The summed E-state index contributed by atoms with van der Waals surface area (Å²) < 4.78 is 0. The van der Waals surface area contributed by atoms with Crippen LogP contribution >= 0.6 is 0 Å². The van der Waals surface area contributed by atoms with Gasteiger partial charge in [-0.1, -0.05) is 0 Å². The van der Waals surface area contributed by atoms with Crippen molar-refractivity contribution in [3.05, 3.63) is 0 Å². The molecule has 0 amide bonds. The summed E-state index contributed by atoms with van der Waals surface area (Å²) in [7, 11) is 0. The van der Waals surface area contributed by atoms with Crippen LogP contribution in [0.5, 0.6) is 0 Å². The summed E-state index contributed by atoms with van der Waals surface area (Å²) in [6, 6.07) is 0. The first kappa shape index (κ1) is 9.84. The molecule has 2 atom stereocenters. The Balaban J connectivity index is 3.73. The molecular formula is C6H16N2O2. The van der Waals surface area contributed by atoms with Crippen molar-refractivity contribution in [1.82, 2.24) is 0 Å². The Morgan fingerprint density at radius 2 is 1.80 bits per heavy atom. The topological polar surface area (TPSA) is 92.5 Å². The fourth-order valence-corrected chi connectivity index (χ4v) is 0.532. The molecular weight excluding hydrogens is 132 g/mol. The highest BCUT2D eigenvalue weighted by molar-refractivity contribution is 4.82. The Morgan fingerprint density at radius 1 is 1.40 bits per heavy atom. The Hall–Kier alpha value is -0.160. The van der Waals surface area contributed by atoms with Crippen molar-refractivity contribution in [2.75, 3.05) is 0 Å². The molecule has 0 fully saturated rings. The van der Waals surface area contributed by atoms with E-state index in [1.54, 1.807) is 13.8 Å². The van der Waals surface area contributed by atoms with Gasteiger partial charge in [-0.05, 0) is 13.8 Å². The number of hydrogen-bond donors (Lipinski definition) is 4. The van der Waals surface area contributed by atoms with Gasteiger partial charge in [0.1, 0.15) is 6.23 Å². The smallest absolute Gasteiger partial charge is 0.104 e. The molecule has 0 bridgehead atoms. The maximum absolute atomic E-state index is 9.19. The zero-order valence-corrected chi connectivity index (χ0v) is 6.41. The first-order valence-corrected chi connectivity index (χ1v) is 3.24. The Kier molecular flexibility index (Phi) is 3.24. The lowest BCUT2D eigenvalue weighted by Crippen LogP contribution is -2.47. The van der Waals surface area contributed by atoms with Crippen molar-refractivity contribution in [3.8, 4) is 0 Å². The van der Waals surface area contributed by atoms with Gasteiger partial charge in [-0.2, -0.15) is 0 Å². The highest BCUT2D eigenvalue weighted by Gasteiger charge is 2.23. The van der Waals surface area contributed by atoms with Crippen molar-refractivity contribution >= 4 is 0 Å². The van der Waals surface area contributed by atoms with Gasteiger partial charge in [-0.25, -0.2) is 0 Å². The SMILES string of the molecule is CC(C)(N)C(O)CC(N)O. The average molecular weight is 148 g/mol. The third-order valence-corrected chi connectivity index (χ3v) is 1.32. The van der Waals surface area contributed by atoms with Gasteiger partial charge < -0.3 is 21.7 Å². The van der Waals surface area contributed by atoms with E-state index in [-0.39, 0.29) is 6.42 Å². The molecule has 0 aromatic rings. The molecule has 2 unspecified atom stereocenters. The molecule has 10 heavy (non-hydrogen) atoms. The third kappa shape index (κ3) is 3.79. The molecule has 0 aromatic heterocycles. The zero-order valence-electron chi connectivity index (χ0n) is 6.41. The summed E-state index contributed by atoms with van der Waals surface area (Å²) >= 11 is 0.